The highest BCUT2D eigenvalue weighted by atomic mass is 35.5. The lowest BCUT2D eigenvalue weighted by atomic mass is 10.1. The van der Waals surface area contributed by atoms with Crippen molar-refractivity contribution < 1.29 is 31.1 Å². The average molecular weight is 527 g/mol. The summed E-state index contributed by atoms with van der Waals surface area (Å²) >= 11 is 5.71. The van der Waals surface area contributed by atoms with Crippen LogP contribution in [-0.2, 0) is 27.4 Å². The molecule has 0 bridgehead atoms. The van der Waals surface area contributed by atoms with Crippen LogP contribution in [0.4, 0.5) is 18.9 Å². The number of halogens is 4. The number of hydrogen-bond donors (Lipinski definition) is 2. The first-order valence-electron chi connectivity index (χ1n) is 10.3. The molecule has 0 unspecified atom stereocenters. The summed E-state index contributed by atoms with van der Waals surface area (Å²) in [6.07, 6.45) is -4.89. The molecule has 0 radical (unpaired) electrons. The second-order valence-electron chi connectivity index (χ2n) is 7.67. The van der Waals surface area contributed by atoms with Crippen molar-refractivity contribution in [2.45, 2.75) is 30.5 Å². The summed E-state index contributed by atoms with van der Waals surface area (Å²) in [7, 11) is -2.77. The number of amides is 1. The topological polar surface area (TPSA) is 84.5 Å². The van der Waals surface area contributed by atoms with Crippen molar-refractivity contribution in [1.29, 1.82) is 0 Å². The van der Waals surface area contributed by atoms with Crippen molar-refractivity contribution >= 4 is 33.2 Å². The summed E-state index contributed by atoms with van der Waals surface area (Å²) in [5.74, 6) is -0.486. The van der Waals surface area contributed by atoms with Crippen molar-refractivity contribution in [1.82, 2.24) is 4.72 Å². The van der Waals surface area contributed by atoms with Crippen LogP contribution in [0.15, 0.2) is 71.6 Å². The maximum Gasteiger partial charge on any atom is 0.418 e. The molecule has 0 aromatic heterocycles. The third-order valence-corrected chi connectivity index (χ3v) is 6.82. The van der Waals surface area contributed by atoms with Gasteiger partial charge in [0.15, 0.2) is 0 Å². The monoisotopic (exact) mass is 526 g/mol. The van der Waals surface area contributed by atoms with Crippen molar-refractivity contribution in [2.24, 2.45) is 0 Å². The zero-order chi connectivity index (χ0) is 25.8. The first-order chi connectivity index (χ1) is 16.4. The van der Waals surface area contributed by atoms with Gasteiger partial charge in [-0.2, -0.15) is 17.9 Å². The van der Waals surface area contributed by atoms with Gasteiger partial charge < -0.3 is 10.1 Å². The molecule has 3 aromatic carbocycles. The van der Waals surface area contributed by atoms with Crippen molar-refractivity contribution in [2.75, 3.05) is 12.4 Å². The van der Waals surface area contributed by atoms with Crippen LogP contribution in [0.25, 0.3) is 0 Å². The fraction of sp³-hybridized carbons (Fsp3) is 0.208. The number of rotatable bonds is 8. The third kappa shape index (κ3) is 6.74. The Kier molecular flexibility index (Phi) is 8.09. The molecule has 0 saturated carbocycles. The van der Waals surface area contributed by atoms with Crippen LogP contribution in [0, 0.1) is 6.92 Å². The zero-order valence-corrected chi connectivity index (χ0v) is 20.3. The van der Waals surface area contributed by atoms with Gasteiger partial charge in [0.1, 0.15) is 11.8 Å². The fourth-order valence-electron chi connectivity index (χ4n) is 3.39. The van der Waals surface area contributed by atoms with E-state index in [-0.39, 0.29) is 16.3 Å². The molecular formula is C24H22ClF3N2O4S. The molecule has 1 amide bonds. The van der Waals surface area contributed by atoms with Crippen LogP contribution < -0.4 is 14.8 Å². The van der Waals surface area contributed by atoms with Crippen LogP contribution in [0.2, 0.25) is 5.02 Å². The quantitative estimate of drug-likeness (QED) is 0.422. The number of alkyl halides is 3. The molecule has 35 heavy (non-hydrogen) atoms. The minimum atomic E-state index is -4.79. The highest BCUT2D eigenvalue weighted by Gasteiger charge is 2.35. The first kappa shape index (κ1) is 26.5. The maximum atomic E-state index is 13.5. The molecule has 1 atom stereocenters. The van der Waals surface area contributed by atoms with Gasteiger partial charge in [-0.3, -0.25) is 4.79 Å². The number of carbonyl (C=O) groups is 1. The van der Waals surface area contributed by atoms with Crippen LogP contribution in [0.1, 0.15) is 16.7 Å². The second-order valence-corrected chi connectivity index (χ2v) is 9.82. The third-order valence-electron chi connectivity index (χ3n) is 5.12. The van der Waals surface area contributed by atoms with E-state index >= 15 is 0 Å². The largest absolute Gasteiger partial charge is 0.496 e. The highest BCUT2D eigenvalue weighted by molar-refractivity contribution is 7.89. The number of methoxy groups -OCH3 is 1. The minimum absolute atomic E-state index is 0.101. The maximum absolute atomic E-state index is 13.5. The smallest absolute Gasteiger partial charge is 0.418 e. The number of benzene rings is 3. The molecule has 0 aliphatic carbocycles. The summed E-state index contributed by atoms with van der Waals surface area (Å²) in [6, 6.07) is 14.1. The Labute approximate surface area is 206 Å². The second kappa shape index (κ2) is 10.7. The van der Waals surface area contributed by atoms with Gasteiger partial charge in [0.05, 0.1) is 23.3 Å². The van der Waals surface area contributed by atoms with Gasteiger partial charge >= 0.3 is 6.18 Å². The standard InChI is InChI=1S/C24H22ClF3N2O4S/c1-15-12-18(9-11-22(15)34-2)35(32,33)30-21(13-16-6-4-3-5-7-16)23(31)29-20-10-8-17(25)14-19(20)24(26,27)28/h3-12,14,21,30H,13H2,1-2H3,(H,29,31)/t21-/m1/s1. The Morgan fingerprint density at radius 2 is 1.74 bits per heavy atom. The zero-order valence-electron chi connectivity index (χ0n) is 18.7. The SMILES string of the molecule is COc1ccc(S(=O)(=O)N[C@H](Cc2ccccc2)C(=O)Nc2ccc(Cl)cc2C(F)(F)F)cc1C. The Morgan fingerprint density at radius 1 is 1.06 bits per heavy atom. The number of ether oxygens (including phenoxy) is 1. The Morgan fingerprint density at radius 3 is 2.34 bits per heavy atom. The van der Waals surface area contributed by atoms with E-state index in [4.69, 9.17) is 16.3 Å². The molecule has 0 aliphatic heterocycles. The number of nitrogens with one attached hydrogen (secondary N) is 2. The lowest BCUT2D eigenvalue weighted by Crippen LogP contribution is -2.45. The lowest BCUT2D eigenvalue weighted by molar-refractivity contribution is -0.137. The van der Waals surface area contributed by atoms with Crippen molar-refractivity contribution in [3.63, 3.8) is 0 Å². The average Bonchev–Trinajstić information content (AvgIpc) is 2.79. The summed E-state index contributed by atoms with van der Waals surface area (Å²) < 4.78 is 74.1. The Bertz CT molecular complexity index is 1320. The van der Waals surface area contributed by atoms with E-state index < -0.39 is 39.4 Å². The molecule has 0 fully saturated rings. The van der Waals surface area contributed by atoms with E-state index in [1.54, 1.807) is 37.3 Å². The summed E-state index contributed by atoms with van der Waals surface area (Å²) in [5.41, 5.74) is -0.529. The van der Waals surface area contributed by atoms with Crippen LogP contribution >= 0.6 is 11.6 Å². The van der Waals surface area contributed by atoms with Crippen LogP contribution in [0.5, 0.6) is 5.75 Å². The first-order valence-corrected chi connectivity index (χ1v) is 12.2. The van der Waals surface area contributed by atoms with Crippen LogP contribution in [0.3, 0.4) is 0 Å². The minimum Gasteiger partial charge on any atom is -0.496 e. The summed E-state index contributed by atoms with van der Waals surface area (Å²) in [5, 5.41) is 2.04. The molecule has 0 spiro atoms. The Hall–Kier alpha value is -3.08. The molecule has 2 N–H and O–H groups in total. The predicted molar refractivity (Wildman–Crippen MR) is 127 cm³/mol. The van der Waals surface area contributed by atoms with E-state index in [1.165, 1.54) is 31.4 Å². The predicted octanol–water partition coefficient (Wildman–Crippen LogP) is 5.20. The lowest BCUT2D eigenvalue weighted by Gasteiger charge is -2.21. The molecule has 0 heterocycles. The number of sulfonamides is 1. The molecule has 11 heteroatoms. The number of carbonyl (C=O) groups excluding carboxylic acids is 1. The Balaban J connectivity index is 1.95. The number of aryl methyl sites for hydroxylation is 1. The van der Waals surface area contributed by atoms with E-state index in [1.807, 2.05) is 0 Å². The summed E-state index contributed by atoms with van der Waals surface area (Å²) in [4.78, 5) is 13.0. The molecule has 6 nitrogen and oxygen atoms in total. The molecule has 3 aromatic rings. The molecule has 3 rings (SSSR count). The van der Waals surface area contributed by atoms with Crippen molar-refractivity contribution in [3.05, 3.63) is 88.4 Å². The van der Waals surface area contributed by atoms with Gasteiger partial charge in [-0.15, -0.1) is 0 Å². The fourth-order valence-corrected chi connectivity index (χ4v) is 4.84. The molecule has 186 valence electrons. The molecule has 0 aliphatic rings. The highest BCUT2D eigenvalue weighted by Crippen LogP contribution is 2.36. The van der Waals surface area contributed by atoms with Crippen molar-refractivity contribution in [3.8, 4) is 5.75 Å². The van der Waals surface area contributed by atoms with Gasteiger partial charge in [-0.25, -0.2) is 8.42 Å². The molecule has 0 saturated heterocycles. The van der Waals surface area contributed by atoms with Gasteiger partial charge in [0, 0.05) is 5.02 Å². The van der Waals surface area contributed by atoms with E-state index in [0.717, 1.165) is 6.07 Å². The molecular weight excluding hydrogens is 505 g/mol. The van der Waals surface area contributed by atoms with Gasteiger partial charge in [0.25, 0.3) is 0 Å². The number of anilines is 1. The normalized spacial score (nSPS) is 12.7. The van der Waals surface area contributed by atoms with Gasteiger partial charge in [-0.1, -0.05) is 41.9 Å². The van der Waals surface area contributed by atoms with E-state index in [9.17, 15) is 26.4 Å². The van der Waals surface area contributed by atoms with Crippen LogP contribution in [-0.4, -0.2) is 27.5 Å². The van der Waals surface area contributed by atoms with Gasteiger partial charge in [-0.05, 0) is 60.9 Å². The van der Waals surface area contributed by atoms with E-state index in [0.29, 0.717) is 22.9 Å². The van der Waals surface area contributed by atoms with E-state index in [2.05, 4.69) is 10.0 Å². The van der Waals surface area contributed by atoms with Gasteiger partial charge in [0.2, 0.25) is 15.9 Å². The summed E-state index contributed by atoms with van der Waals surface area (Å²) in [6.45, 7) is 1.66. The number of hydrogen-bond acceptors (Lipinski definition) is 4.